The van der Waals surface area contributed by atoms with Gasteiger partial charge in [0.05, 0.1) is 6.26 Å². The molecule has 0 saturated carbocycles. The quantitative estimate of drug-likeness (QED) is 0.558. The van der Waals surface area contributed by atoms with Crippen LogP contribution in [0.1, 0.15) is 0 Å². The molecule has 2 nitrogen and oxygen atoms in total. The molecule has 0 aliphatic rings. The molecule has 13 heteroatoms. The lowest BCUT2D eigenvalue weighted by Crippen LogP contribution is -2.65. The molecule has 0 radical (unpaired) electrons. The number of ether oxygens (including phenoxy) is 2. The SMILES string of the molecule is C=COC(F)(C(F)(F)OC(F)(F)F)C(F)(F)C(F)(F)F. The van der Waals surface area contributed by atoms with E-state index in [0.29, 0.717) is 0 Å². The average molecular weight is 328 g/mol. The summed E-state index contributed by atoms with van der Waals surface area (Å²) in [6.45, 7) is 2.22. The molecule has 20 heavy (non-hydrogen) atoms. The van der Waals surface area contributed by atoms with Crippen molar-refractivity contribution in [3.8, 4) is 0 Å². The molecular weight excluding hydrogens is 325 g/mol. The molecule has 0 aliphatic heterocycles. The Balaban J connectivity index is 5.90. The van der Waals surface area contributed by atoms with Crippen LogP contribution in [0, 0.1) is 0 Å². The van der Waals surface area contributed by atoms with Gasteiger partial charge in [-0.1, -0.05) is 6.58 Å². The summed E-state index contributed by atoms with van der Waals surface area (Å²) in [7, 11) is 0. The van der Waals surface area contributed by atoms with Gasteiger partial charge >= 0.3 is 30.4 Å². The van der Waals surface area contributed by atoms with Gasteiger partial charge in [0.25, 0.3) is 0 Å². The normalized spacial score (nSPS) is 17.6. The predicted molar refractivity (Wildman–Crippen MR) is 38.2 cm³/mol. The molecule has 0 rings (SSSR count). The van der Waals surface area contributed by atoms with E-state index in [4.69, 9.17) is 0 Å². The first-order chi connectivity index (χ1) is 8.52. The molecule has 0 bridgehead atoms. The third-order valence-corrected chi connectivity index (χ3v) is 1.62. The van der Waals surface area contributed by atoms with Crippen molar-refractivity contribution < 1.29 is 57.8 Å². The minimum Gasteiger partial charge on any atom is -0.454 e. The van der Waals surface area contributed by atoms with Crippen LogP contribution in [-0.2, 0) is 9.47 Å². The Morgan fingerprint density at radius 1 is 0.750 bits per heavy atom. The van der Waals surface area contributed by atoms with Crippen LogP contribution in [-0.4, -0.2) is 30.4 Å². The van der Waals surface area contributed by atoms with Gasteiger partial charge in [-0.15, -0.1) is 13.2 Å². The molecule has 0 heterocycles. The third-order valence-electron chi connectivity index (χ3n) is 1.62. The molecular formula is C7H3F11O2. The maximum absolute atomic E-state index is 13.2. The highest BCUT2D eigenvalue weighted by molar-refractivity contribution is 4.99. The van der Waals surface area contributed by atoms with E-state index in [9.17, 15) is 48.3 Å². The van der Waals surface area contributed by atoms with Gasteiger partial charge in [-0.3, -0.25) is 0 Å². The van der Waals surface area contributed by atoms with Crippen LogP contribution in [0.5, 0.6) is 0 Å². The summed E-state index contributed by atoms with van der Waals surface area (Å²) in [5, 5.41) is 0. The summed E-state index contributed by atoms with van der Waals surface area (Å²) < 4.78 is 138. The van der Waals surface area contributed by atoms with Crippen molar-refractivity contribution in [3.63, 3.8) is 0 Å². The fourth-order valence-electron chi connectivity index (χ4n) is 0.833. The van der Waals surface area contributed by atoms with Crippen LogP contribution < -0.4 is 0 Å². The Bertz CT molecular complexity index is 357. The van der Waals surface area contributed by atoms with Crippen LogP contribution >= 0.6 is 0 Å². The molecule has 0 fully saturated rings. The zero-order valence-corrected chi connectivity index (χ0v) is 8.76. The van der Waals surface area contributed by atoms with Gasteiger partial charge in [-0.25, -0.2) is 4.74 Å². The fraction of sp³-hybridized carbons (Fsp3) is 0.714. The molecule has 0 aromatic heterocycles. The van der Waals surface area contributed by atoms with Crippen LogP contribution in [0.4, 0.5) is 48.3 Å². The van der Waals surface area contributed by atoms with E-state index in [1.807, 2.05) is 0 Å². The van der Waals surface area contributed by atoms with E-state index in [2.05, 4.69) is 11.3 Å². The lowest BCUT2D eigenvalue weighted by atomic mass is 10.1. The van der Waals surface area contributed by atoms with E-state index in [1.165, 1.54) is 0 Å². The smallest absolute Gasteiger partial charge is 0.454 e. The molecule has 0 aromatic rings. The molecule has 0 spiro atoms. The summed E-state index contributed by atoms with van der Waals surface area (Å²) in [6.07, 6.45) is -20.8. The van der Waals surface area contributed by atoms with Crippen molar-refractivity contribution >= 4 is 0 Å². The topological polar surface area (TPSA) is 18.5 Å². The van der Waals surface area contributed by atoms with E-state index >= 15 is 0 Å². The minimum atomic E-state index is -7.04. The zero-order chi connectivity index (χ0) is 16.6. The number of hydrogen-bond donors (Lipinski definition) is 0. The Morgan fingerprint density at radius 3 is 1.40 bits per heavy atom. The largest absolute Gasteiger partial charge is 0.527 e. The van der Waals surface area contributed by atoms with Crippen LogP contribution in [0.2, 0.25) is 0 Å². The Labute approximate surface area is 102 Å². The predicted octanol–water partition coefficient (Wildman–Crippen LogP) is 4.14. The summed E-state index contributed by atoms with van der Waals surface area (Å²) in [4.78, 5) is 0. The highest BCUT2D eigenvalue weighted by Crippen LogP contribution is 2.54. The fourth-order valence-corrected chi connectivity index (χ4v) is 0.833. The first kappa shape index (κ1) is 18.7. The Kier molecular flexibility index (Phi) is 4.62. The van der Waals surface area contributed by atoms with Gasteiger partial charge in [0, 0.05) is 0 Å². The van der Waals surface area contributed by atoms with Crippen LogP contribution in [0.15, 0.2) is 12.8 Å². The van der Waals surface area contributed by atoms with Gasteiger partial charge < -0.3 is 4.74 Å². The van der Waals surface area contributed by atoms with Gasteiger partial charge in [0.15, 0.2) is 0 Å². The van der Waals surface area contributed by atoms with Crippen molar-refractivity contribution in [1.82, 2.24) is 0 Å². The molecule has 0 aliphatic carbocycles. The zero-order valence-electron chi connectivity index (χ0n) is 8.76. The molecule has 0 saturated heterocycles. The monoisotopic (exact) mass is 328 g/mol. The molecule has 0 aromatic carbocycles. The molecule has 120 valence electrons. The van der Waals surface area contributed by atoms with Crippen molar-refractivity contribution in [1.29, 1.82) is 0 Å². The van der Waals surface area contributed by atoms with Gasteiger partial charge in [0.2, 0.25) is 0 Å². The lowest BCUT2D eigenvalue weighted by molar-refractivity contribution is -0.515. The van der Waals surface area contributed by atoms with Gasteiger partial charge in [0.1, 0.15) is 0 Å². The molecule has 1 unspecified atom stereocenters. The highest BCUT2D eigenvalue weighted by Gasteiger charge is 2.84. The van der Waals surface area contributed by atoms with Crippen molar-refractivity contribution in [2.24, 2.45) is 0 Å². The number of hydrogen-bond acceptors (Lipinski definition) is 2. The van der Waals surface area contributed by atoms with Crippen molar-refractivity contribution in [3.05, 3.63) is 12.8 Å². The second kappa shape index (κ2) is 4.93. The second-order valence-electron chi connectivity index (χ2n) is 3.02. The highest BCUT2D eigenvalue weighted by atomic mass is 19.4. The lowest BCUT2D eigenvalue weighted by Gasteiger charge is -2.37. The van der Waals surface area contributed by atoms with Gasteiger partial charge in [-0.2, -0.15) is 35.1 Å². The van der Waals surface area contributed by atoms with Crippen molar-refractivity contribution in [2.75, 3.05) is 0 Å². The van der Waals surface area contributed by atoms with E-state index in [0.717, 1.165) is 0 Å². The maximum atomic E-state index is 13.2. The summed E-state index contributed by atoms with van der Waals surface area (Å²) in [5.41, 5.74) is 0. The Hall–Kier alpha value is -1.27. The minimum absolute atomic E-state index is 0.659. The third kappa shape index (κ3) is 3.24. The van der Waals surface area contributed by atoms with Crippen molar-refractivity contribution in [2.45, 2.75) is 30.4 Å². The summed E-state index contributed by atoms with van der Waals surface area (Å²) in [5.74, 6) is -13.6. The van der Waals surface area contributed by atoms with Crippen LogP contribution in [0.3, 0.4) is 0 Å². The Morgan fingerprint density at radius 2 is 1.15 bits per heavy atom. The number of alkyl halides is 11. The maximum Gasteiger partial charge on any atom is 0.527 e. The summed E-state index contributed by atoms with van der Waals surface area (Å²) in [6, 6.07) is 0. The first-order valence-electron chi connectivity index (χ1n) is 4.09. The standard InChI is InChI=1S/C7H3F11O2/c1-2-19-4(10,3(8,9)5(11,12)13)6(14,15)20-7(16,17)18/h2H,1H2. The number of rotatable bonds is 5. The average Bonchev–Trinajstić information content (AvgIpc) is 2.11. The first-order valence-corrected chi connectivity index (χ1v) is 4.09. The van der Waals surface area contributed by atoms with E-state index < -0.39 is 36.7 Å². The molecule has 0 amide bonds. The van der Waals surface area contributed by atoms with Crippen LogP contribution in [0.25, 0.3) is 0 Å². The number of halogens is 11. The van der Waals surface area contributed by atoms with E-state index in [1.54, 1.807) is 4.74 Å². The van der Waals surface area contributed by atoms with E-state index in [-0.39, 0.29) is 0 Å². The molecule has 0 N–H and O–H groups in total. The summed E-state index contributed by atoms with van der Waals surface area (Å²) >= 11 is 0. The molecule has 1 atom stereocenters. The second-order valence-corrected chi connectivity index (χ2v) is 3.02. The van der Waals surface area contributed by atoms with Gasteiger partial charge in [-0.05, 0) is 0 Å².